The Morgan fingerprint density at radius 2 is 2.15 bits per heavy atom. The Balaban J connectivity index is 1.88. The smallest absolute Gasteiger partial charge is 0.241 e. The van der Waals surface area contributed by atoms with Crippen LogP contribution in [0.3, 0.4) is 0 Å². The SMILES string of the molecule is CCC(C)Oc1ccc(NC(=O)C2CCCCN2)cc1. The van der Waals surface area contributed by atoms with Gasteiger partial charge in [-0.2, -0.15) is 0 Å². The number of hydrogen-bond donors (Lipinski definition) is 2. The van der Waals surface area contributed by atoms with E-state index in [4.69, 9.17) is 4.74 Å². The highest BCUT2D eigenvalue weighted by Gasteiger charge is 2.20. The van der Waals surface area contributed by atoms with Crippen LogP contribution >= 0.6 is 0 Å². The fraction of sp³-hybridized carbons (Fsp3) is 0.562. The number of benzene rings is 1. The van der Waals surface area contributed by atoms with Gasteiger partial charge in [0.05, 0.1) is 12.1 Å². The van der Waals surface area contributed by atoms with Gasteiger partial charge in [-0.25, -0.2) is 0 Å². The molecule has 4 heteroatoms. The molecule has 2 unspecified atom stereocenters. The van der Waals surface area contributed by atoms with E-state index in [0.717, 1.165) is 43.7 Å². The summed E-state index contributed by atoms with van der Waals surface area (Å²) in [4.78, 5) is 12.1. The van der Waals surface area contributed by atoms with E-state index in [1.54, 1.807) is 0 Å². The molecule has 1 amide bonds. The average Bonchev–Trinajstić information content (AvgIpc) is 2.50. The molecule has 2 atom stereocenters. The van der Waals surface area contributed by atoms with E-state index >= 15 is 0 Å². The Bertz CT molecular complexity index is 425. The first-order chi connectivity index (χ1) is 9.69. The summed E-state index contributed by atoms with van der Waals surface area (Å²) in [7, 11) is 0. The number of nitrogens with one attached hydrogen (secondary N) is 2. The first-order valence-corrected chi connectivity index (χ1v) is 7.50. The maximum Gasteiger partial charge on any atom is 0.241 e. The van der Waals surface area contributed by atoms with Crippen molar-refractivity contribution in [3.05, 3.63) is 24.3 Å². The molecule has 0 spiro atoms. The summed E-state index contributed by atoms with van der Waals surface area (Å²) >= 11 is 0. The third-order valence-electron chi connectivity index (χ3n) is 3.66. The Hall–Kier alpha value is -1.55. The molecule has 0 radical (unpaired) electrons. The standard InChI is InChI=1S/C16H24N2O2/c1-3-12(2)20-14-9-7-13(8-10-14)18-16(19)15-6-4-5-11-17-15/h7-10,12,15,17H,3-6,11H2,1-2H3,(H,18,19). The number of piperidine rings is 1. The van der Waals surface area contributed by atoms with E-state index in [0.29, 0.717) is 0 Å². The van der Waals surface area contributed by atoms with Gasteiger partial charge in [0.15, 0.2) is 0 Å². The molecule has 20 heavy (non-hydrogen) atoms. The van der Waals surface area contributed by atoms with E-state index in [-0.39, 0.29) is 18.1 Å². The van der Waals surface area contributed by atoms with Gasteiger partial charge in [0.1, 0.15) is 5.75 Å². The number of amides is 1. The van der Waals surface area contributed by atoms with Crippen molar-refractivity contribution in [2.75, 3.05) is 11.9 Å². The Morgan fingerprint density at radius 1 is 1.40 bits per heavy atom. The summed E-state index contributed by atoms with van der Waals surface area (Å²) in [5.41, 5.74) is 0.818. The minimum atomic E-state index is -0.0557. The molecule has 2 N–H and O–H groups in total. The highest BCUT2D eigenvalue weighted by molar-refractivity contribution is 5.94. The summed E-state index contributed by atoms with van der Waals surface area (Å²) in [6.07, 6.45) is 4.38. The average molecular weight is 276 g/mol. The van der Waals surface area contributed by atoms with Crippen molar-refractivity contribution in [3.8, 4) is 5.75 Å². The molecule has 0 aromatic heterocycles. The molecule has 0 aliphatic carbocycles. The van der Waals surface area contributed by atoms with Crippen LogP contribution in [0, 0.1) is 0 Å². The van der Waals surface area contributed by atoms with Crippen LogP contribution in [0.5, 0.6) is 5.75 Å². The number of hydrogen-bond acceptors (Lipinski definition) is 3. The van der Waals surface area contributed by atoms with Gasteiger partial charge in [0.25, 0.3) is 0 Å². The fourth-order valence-electron chi connectivity index (χ4n) is 2.24. The summed E-state index contributed by atoms with van der Waals surface area (Å²) in [6, 6.07) is 7.52. The van der Waals surface area contributed by atoms with Crippen LogP contribution in [-0.2, 0) is 4.79 Å². The number of ether oxygens (including phenoxy) is 1. The van der Waals surface area contributed by atoms with Crippen molar-refractivity contribution in [1.82, 2.24) is 5.32 Å². The molecule has 1 saturated heterocycles. The van der Waals surface area contributed by atoms with Crippen molar-refractivity contribution in [3.63, 3.8) is 0 Å². The monoisotopic (exact) mass is 276 g/mol. The predicted molar refractivity (Wildman–Crippen MR) is 81.1 cm³/mol. The van der Waals surface area contributed by atoms with Gasteiger partial charge in [0, 0.05) is 5.69 Å². The molecule has 1 heterocycles. The summed E-state index contributed by atoms with van der Waals surface area (Å²) in [6.45, 7) is 5.07. The van der Waals surface area contributed by atoms with Gasteiger partial charge in [-0.1, -0.05) is 13.3 Å². The summed E-state index contributed by atoms with van der Waals surface area (Å²) in [5, 5.41) is 6.20. The van der Waals surface area contributed by atoms with Crippen LogP contribution < -0.4 is 15.4 Å². The predicted octanol–water partition coefficient (Wildman–Crippen LogP) is 2.94. The zero-order valence-electron chi connectivity index (χ0n) is 12.3. The van der Waals surface area contributed by atoms with Crippen molar-refractivity contribution < 1.29 is 9.53 Å². The zero-order chi connectivity index (χ0) is 14.4. The molecular formula is C16H24N2O2. The molecule has 1 fully saturated rings. The topological polar surface area (TPSA) is 50.4 Å². The largest absolute Gasteiger partial charge is 0.491 e. The van der Waals surface area contributed by atoms with Gasteiger partial charge in [-0.3, -0.25) is 4.79 Å². The van der Waals surface area contributed by atoms with Gasteiger partial charge in [-0.15, -0.1) is 0 Å². The highest BCUT2D eigenvalue weighted by Crippen LogP contribution is 2.18. The number of carbonyl (C=O) groups excluding carboxylic acids is 1. The quantitative estimate of drug-likeness (QED) is 0.869. The van der Waals surface area contributed by atoms with E-state index in [1.165, 1.54) is 0 Å². The number of rotatable bonds is 5. The van der Waals surface area contributed by atoms with Gasteiger partial charge >= 0.3 is 0 Å². The minimum Gasteiger partial charge on any atom is -0.491 e. The lowest BCUT2D eigenvalue weighted by Crippen LogP contribution is -2.43. The van der Waals surface area contributed by atoms with E-state index in [9.17, 15) is 4.79 Å². The zero-order valence-corrected chi connectivity index (χ0v) is 12.3. The third kappa shape index (κ3) is 4.23. The molecule has 1 aromatic carbocycles. The van der Waals surface area contributed by atoms with E-state index < -0.39 is 0 Å². The molecular weight excluding hydrogens is 252 g/mol. The second-order valence-electron chi connectivity index (χ2n) is 5.35. The molecule has 1 aliphatic rings. The Labute approximate surface area is 120 Å². The maximum atomic E-state index is 12.1. The van der Waals surface area contributed by atoms with Crippen molar-refractivity contribution >= 4 is 11.6 Å². The van der Waals surface area contributed by atoms with Gasteiger partial charge in [0.2, 0.25) is 5.91 Å². The van der Waals surface area contributed by atoms with Crippen LogP contribution in [0.1, 0.15) is 39.5 Å². The normalized spacial score (nSPS) is 20.2. The minimum absolute atomic E-state index is 0.0557. The molecule has 1 aromatic rings. The fourth-order valence-corrected chi connectivity index (χ4v) is 2.24. The Morgan fingerprint density at radius 3 is 2.75 bits per heavy atom. The molecule has 1 aliphatic heterocycles. The van der Waals surface area contributed by atoms with E-state index in [1.807, 2.05) is 31.2 Å². The second-order valence-corrected chi connectivity index (χ2v) is 5.35. The van der Waals surface area contributed by atoms with Crippen molar-refractivity contribution in [2.24, 2.45) is 0 Å². The lowest BCUT2D eigenvalue weighted by Gasteiger charge is -2.22. The molecule has 2 rings (SSSR count). The first-order valence-electron chi connectivity index (χ1n) is 7.50. The van der Waals surface area contributed by atoms with Crippen LogP contribution in [0.4, 0.5) is 5.69 Å². The van der Waals surface area contributed by atoms with E-state index in [2.05, 4.69) is 17.6 Å². The van der Waals surface area contributed by atoms with Crippen LogP contribution in [-0.4, -0.2) is 24.6 Å². The lowest BCUT2D eigenvalue weighted by molar-refractivity contribution is -0.118. The first kappa shape index (κ1) is 14.9. The number of anilines is 1. The molecule has 0 saturated carbocycles. The molecule has 110 valence electrons. The van der Waals surface area contributed by atoms with Crippen molar-refractivity contribution in [1.29, 1.82) is 0 Å². The van der Waals surface area contributed by atoms with Gasteiger partial charge in [-0.05, 0) is 57.0 Å². The summed E-state index contributed by atoms with van der Waals surface area (Å²) in [5.74, 6) is 0.897. The molecule has 4 nitrogen and oxygen atoms in total. The second kappa shape index (κ2) is 7.29. The van der Waals surface area contributed by atoms with Crippen LogP contribution in [0.15, 0.2) is 24.3 Å². The Kier molecular flexibility index (Phi) is 5.41. The summed E-state index contributed by atoms with van der Waals surface area (Å²) < 4.78 is 5.71. The molecule has 0 bridgehead atoms. The van der Waals surface area contributed by atoms with Gasteiger partial charge < -0.3 is 15.4 Å². The number of carbonyl (C=O) groups is 1. The van der Waals surface area contributed by atoms with Crippen LogP contribution in [0.2, 0.25) is 0 Å². The highest BCUT2D eigenvalue weighted by atomic mass is 16.5. The lowest BCUT2D eigenvalue weighted by atomic mass is 10.0. The van der Waals surface area contributed by atoms with Crippen LogP contribution in [0.25, 0.3) is 0 Å². The van der Waals surface area contributed by atoms with Crippen molar-refractivity contribution in [2.45, 2.75) is 51.7 Å². The maximum absolute atomic E-state index is 12.1. The third-order valence-corrected chi connectivity index (χ3v) is 3.66.